The maximum Gasteiger partial charge on any atom is 0.248 e. The van der Waals surface area contributed by atoms with Gasteiger partial charge in [0.25, 0.3) is 0 Å². The maximum absolute atomic E-state index is 11.4. The van der Waals surface area contributed by atoms with E-state index in [-0.39, 0.29) is 0 Å². The molecule has 5 heteroatoms. The number of hydrogen-bond acceptors (Lipinski definition) is 4. The summed E-state index contributed by atoms with van der Waals surface area (Å²) in [6.07, 6.45) is 2.47. The number of rotatable bonds is 5. The van der Waals surface area contributed by atoms with Crippen molar-refractivity contribution in [2.75, 3.05) is 11.6 Å². The van der Waals surface area contributed by atoms with Crippen molar-refractivity contribution in [3.63, 3.8) is 0 Å². The monoisotopic (exact) mass is 331 g/mol. The Morgan fingerprint density at radius 2 is 1.78 bits per heavy atom. The molecule has 1 heterocycles. The predicted octanol–water partition coefficient (Wildman–Crippen LogP) is 3.93. The summed E-state index contributed by atoms with van der Waals surface area (Å²) < 4.78 is 23.1. The van der Waals surface area contributed by atoms with E-state index >= 15 is 0 Å². The second-order valence-corrected chi connectivity index (χ2v) is 7.18. The van der Waals surface area contributed by atoms with Gasteiger partial charge >= 0.3 is 0 Å². The highest BCUT2D eigenvalue weighted by Gasteiger charge is 2.34. The molecule has 2 aromatic carbocycles. The predicted molar refractivity (Wildman–Crippen MR) is 92.5 cm³/mol. The van der Waals surface area contributed by atoms with E-state index in [1.54, 1.807) is 6.26 Å². The largest absolute Gasteiger partial charge is 0.449 e. The van der Waals surface area contributed by atoms with Gasteiger partial charge in [0.2, 0.25) is 5.79 Å². The standard InChI is InChI=1S/C18H21NO3S/c1-4-18(2)21-16-10-7-14(11-17(16)22-18)19-12-13-5-8-15(9-6-13)23(3)20/h5-11,19H,4,12H2,1-3H3. The molecule has 4 nitrogen and oxygen atoms in total. The van der Waals surface area contributed by atoms with E-state index in [9.17, 15) is 4.21 Å². The van der Waals surface area contributed by atoms with Crippen LogP contribution in [0.4, 0.5) is 5.69 Å². The molecule has 1 N–H and O–H groups in total. The molecule has 23 heavy (non-hydrogen) atoms. The van der Waals surface area contributed by atoms with Crippen LogP contribution >= 0.6 is 0 Å². The molecule has 0 aromatic heterocycles. The average molecular weight is 331 g/mol. The summed E-state index contributed by atoms with van der Waals surface area (Å²) in [6, 6.07) is 13.7. The van der Waals surface area contributed by atoms with Crippen LogP contribution in [-0.2, 0) is 17.3 Å². The van der Waals surface area contributed by atoms with Gasteiger partial charge in [0.05, 0.1) is 0 Å². The van der Waals surface area contributed by atoms with Crippen molar-refractivity contribution in [2.24, 2.45) is 0 Å². The lowest BCUT2D eigenvalue weighted by Gasteiger charge is -2.20. The van der Waals surface area contributed by atoms with Gasteiger partial charge < -0.3 is 14.8 Å². The summed E-state index contributed by atoms with van der Waals surface area (Å²) in [6.45, 7) is 4.68. The van der Waals surface area contributed by atoms with E-state index < -0.39 is 16.6 Å². The minimum atomic E-state index is -0.937. The number of anilines is 1. The van der Waals surface area contributed by atoms with E-state index in [2.05, 4.69) is 5.32 Å². The topological polar surface area (TPSA) is 47.6 Å². The Morgan fingerprint density at radius 3 is 2.43 bits per heavy atom. The fourth-order valence-corrected chi connectivity index (χ4v) is 2.93. The van der Waals surface area contributed by atoms with E-state index in [4.69, 9.17) is 9.47 Å². The summed E-state index contributed by atoms with van der Waals surface area (Å²) in [4.78, 5) is 0.843. The average Bonchev–Trinajstić information content (AvgIpc) is 2.89. The molecule has 2 atom stereocenters. The van der Waals surface area contributed by atoms with Gasteiger partial charge in [-0.2, -0.15) is 0 Å². The van der Waals surface area contributed by atoms with Gasteiger partial charge in [-0.3, -0.25) is 4.21 Å². The van der Waals surface area contributed by atoms with Crippen LogP contribution < -0.4 is 14.8 Å². The first-order valence-corrected chi connectivity index (χ1v) is 9.23. The number of fused-ring (bicyclic) bond motifs is 1. The summed E-state index contributed by atoms with van der Waals surface area (Å²) in [5, 5.41) is 3.37. The van der Waals surface area contributed by atoms with Crippen molar-refractivity contribution in [1.29, 1.82) is 0 Å². The van der Waals surface area contributed by atoms with Crippen LogP contribution in [0, 0.1) is 0 Å². The van der Waals surface area contributed by atoms with Gasteiger partial charge in [-0.25, -0.2) is 0 Å². The first kappa shape index (κ1) is 15.9. The highest BCUT2D eigenvalue weighted by molar-refractivity contribution is 7.84. The fourth-order valence-electron chi connectivity index (χ4n) is 2.42. The van der Waals surface area contributed by atoms with Crippen LogP contribution in [0.1, 0.15) is 25.8 Å². The van der Waals surface area contributed by atoms with E-state index in [0.717, 1.165) is 34.1 Å². The zero-order valence-electron chi connectivity index (χ0n) is 13.6. The number of benzene rings is 2. The Hall–Kier alpha value is -2.01. The zero-order valence-corrected chi connectivity index (χ0v) is 14.4. The third-order valence-electron chi connectivity index (χ3n) is 3.99. The molecule has 0 amide bonds. The molecule has 2 aromatic rings. The summed E-state index contributed by atoms with van der Waals surface area (Å²) in [5.41, 5.74) is 2.12. The molecule has 0 saturated heterocycles. The minimum absolute atomic E-state index is 0.563. The SMILES string of the molecule is CCC1(C)Oc2ccc(NCc3ccc(S(C)=O)cc3)cc2O1. The van der Waals surface area contributed by atoms with Crippen molar-refractivity contribution in [2.45, 2.75) is 37.5 Å². The number of hydrogen-bond donors (Lipinski definition) is 1. The molecule has 1 aliphatic heterocycles. The quantitative estimate of drug-likeness (QED) is 0.902. The highest BCUT2D eigenvalue weighted by atomic mass is 32.2. The molecule has 3 rings (SSSR count). The van der Waals surface area contributed by atoms with Crippen LogP contribution in [-0.4, -0.2) is 16.3 Å². The van der Waals surface area contributed by atoms with Crippen LogP contribution in [0.25, 0.3) is 0 Å². The third-order valence-corrected chi connectivity index (χ3v) is 4.93. The summed E-state index contributed by atoms with van der Waals surface area (Å²) in [7, 11) is -0.937. The smallest absolute Gasteiger partial charge is 0.248 e. The molecule has 0 fully saturated rings. The van der Waals surface area contributed by atoms with Crippen LogP contribution in [0.5, 0.6) is 11.5 Å². The van der Waals surface area contributed by atoms with E-state index in [1.165, 1.54) is 0 Å². The second-order valence-electron chi connectivity index (χ2n) is 5.80. The van der Waals surface area contributed by atoms with Crippen LogP contribution in [0.3, 0.4) is 0 Å². The number of ether oxygens (including phenoxy) is 2. The van der Waals surface area contributed by atoms with Gasteiger partial charge in [0.15, 0.2) is 11.5 Å². The third kappa shape index (κ3) is 3.50. The van der Waals surface area contributed by atoms with Gasteiger partial charge in [-0.15, -0.1) is 0 Å². The summed E-state index contributed by atoms with van der Waals surface area (Å²) >= 11 is 0. The lowest BCUT2D eigenvalue weighted by Crippen LogP contribution is -2.33. The van der Waals surface area contributed by atoms with Crippen molar-refractivity contribution in [1.82, 2.24) is 0 Å². The molecule has 0 bridgehead atoms. The lowest BCUT2D eigenvalue weighted by molar-refractivity contribution is -0.0640. The van der Waals surface area contributed by atoms with Gasteiger partial charge in [0, 0.05) is 53.6 Å². The Morgan fingerprint density at radius 1 is 1.09 bits per heavy atom. The second kappa shape index (κ2) is 6.24. The van der Waals surface area contributed by atoms with Crippen LogP contribution in [0.15, 0.2) is 47.4 Å². The molecular weight excluding hydrogens is 310 g/mol. The normalized spacial score (nSPS) is 20.3. The zero-order chi connectivity index (χ0) is 16.4. The first-order valence-electron chi connectivity index (χ1n) is 7.67. The molecule has 2 unspecified atom stereocenters. The van der Waals surface area contributed by atoms with Crippen LogP contribution in [0.2, 0.25) is 0 Å². The van der Waals surface area contributed by atoms with Gasteiger partial charge in [-0.1, -0.05) is 19.1 Å². The number of nitrogens with one attached hydrogen (secondary N) is 1. The molecule has 0 radical (unpaired) electrons. The Balaban J connectivity index is 1.66. The lowest BCUT2D eigenvalue weighted by atomic mass is 10.2. The van der Waals surface area contributed by atoms with E-state index in [1.807, 2.05) is 56.3 Å². The molecular formula is C18H21NO3S. The highest BCUT2D eigenvalue weighted by Crippen LogP contribution is 2.42. The molecule has 1 aliphatic rings. The Kier molecular flexibility index (Phi) is 4.31. The molecule has 0 aliphatic carbocycles. The minimum Gasteiger partial charge on any atom is -0.449 e. The molecule has 122 valence electrons. The molecule has 0 saturated carbocycles. The van der Waals surface area contributed by atoms with Gasteiger partial charge in [0.1, 0.15) is 0 Å². The Labute approximate surface area is 139 Å². The van der Waals surface area contributed by atoms with Crippen molar-refractivity contribution >= 4 is 16.5 Å². The van der Waals surface area contributed by atoms with E-state index in [0.29, 0.717) is 6.54 Å². The van der Waals surface area contributed by atoms with Crippen molar-refractivity contribution in [3.8, 4) is 11.5 Å². The molecule has 0 spiro atoms. The van der Waals surface area contributed by atoms with Gasteiger partial charge in [-0.05, 0) is 29.8 Å². The Bertz CT molecular complexity index is 730. The fraction of sp³-hybridized carbons (Fsp3) is 0.333. The summed E-state index contributed by atoms with van der Waals surface area (Å²) in [5.74, 6) is 0.998. The first-order chi connectivity index (χ1) is 11.0. The van der Waals surface area contributed by atoms with Crippen molar-refractivity contribution < 1.29 is 13.7 Å². The van der Waals surface area contributed by atoms with Crippen molar-refractivity contribution in [3.05, 3.63) is 48.0 Å². The maximum atomic E-state index is 11.4.